The second kappa shape index (κ2) is 7.85. The van der Waals surface area contributed by atoms with Crippen molar-refractivity contribution < 1.29 is 18.3 Å². The van der Waals surface area contributed by atoms with E-state index >= 15 is 0 Å². The number of nitrogens with two attached hydrogens (primary N) is 1. The Morgan fingerprint density at radius 3 is 2.57 bits per heavy atom. The SMILES string of the molecule is CCOC(=O)N1CC=C2C(C#N)=C(N)C(C#N)(C#N)[C@@H](c3ccc(F)c(F)c3)[C@@H]2C1. The molecule has 30 heavy (non-hydrogen) atoms. The van der Waals surface area contributed by atoms with Gasteiger partial charge in [-0.15, -0.1) is 0 Å². The summed E-state index contributed by atoms with van der Waals surface area (Å²) in [6, 6.07) is 8.83. The first kappa shape index (κ1) is 20.8. The summed E-state index contributed by atoms with van der Waals surface area (Å²) in [4.78, 5) is 13.6. The number of hydrogen-bond acceptors (Lipinski definition) is 6. The van der Waals surface area contributed by atoms with E-state index in [1.54, 1.807) is 13.0 Å². The predicted octanol–water partition coefficient (Wildman–Crippen LogP) is 2.85. The van der Waals surface area contributed by atoms with Gasteiger partial charge in [0.15, 0.2) is 17.0 Å². The van der Waals surface area contributed by atoms with E-state index in [4.69, 9.17) is 10.5 Å². The Morgan fingerprint density at radius 2 is 2.00 bits per heavy atom. The topological polar surface area (TPSA) is 127 Å². The molecule has 0 aromatic heterocycles. The van der Waals surface area contributed by atoms with E-state index in [1.165, 1.54) is 11.0 Å². The number of carbonyl (C=O) groups is 1. The molecule has 0 saturated carbocycles. The summed E-state index contributed by atoms with van der Waals surface area (Å²) in [6.45, 7) is 1.96. The molecule has 0 bridgehead atoms. The van der Waals surface area contributed by atoms with E-state index in [0.717, 1.165) is 12.1 Å². The fourth-order valence-electron chi connectivity index (χ4n) is 4.13. The first-order valence-electron chi connectivity index (χ1n) is 9.14. The van der Waals surface area contributed by atoms with Gasteiger partial charge in [-0.2, -0.15) is 15.8 Å². The second-order valence-electron chi connectivity index (χ2n) is 6.95. The molecule has 1 amide bonds. The number of amides is 1. The van der Waals surface area contributed by atoms with E-state index in [-0.39, 0.29) is 36.5 Å². The van der Waals surface area contributed by atoms with Crippen LogP contribution in [0.4, 0.5) is 13.6 Å². The van der Waals surface area contributed by atoms with E-state index in [2.05, 4.69) is 0 Å². The van der Waals surface area contributed by atoms with Crippen LogP contribution in [0.2, 0.25) is 0 Å². The van der Waals surface area contributed by atoms with Gasteiger partial charge in [-0.05, 0) is 30.2 Å². The molecule has 9 heteroatoms. The number of nitriles is 3. The van der Waals surface area contributed by atoms with Gasteiger partial charge in [0.25, 0.3) is 0 Å². The quantitative estimate of drug-likeness (QED) is 0.800. The third kappa shape index (κ3) is 3.03. The standard InChI is InChI=1S/C21H17F2N5O2/c1-2-30-20(29)28-6-5-13-14(8-24)19(27)21(10-25,11-26)18(15(13)9-28)12-3-4-16(22)17(23)7-12/h3-5,7,15,18H,2,6,9,27H2,1H3/t15-,18+/m1/s1. The number of nitrogens with zero attached hydrogens (tertiary/aromatic N) is 4. The molecule has 0 saturated heterocycles. The van der Waals surface area contributed by atoms with E-state index in [1.807, 2.05) is 18.2 Å². The Kier molecular flexibility index (Phi) is 5.45. The molecule has 0 spiro atoms. The Balaban J connectivity index is 2.26. The van der Waals surface area contributed by atoms with Crippen LogP contribution in [0.25, 0.3) is 0 Å². The molecule has 2 N–H and O–H groups in total. The van der Waals surface area contributed by atoms with Crippen LogP contribution in [0.1, 0.15) is 18.4 Å². The Hall–Kier alpha value is -3.90. The summed E-state index contributed by atoms with van der Waals surface area (Å²) < 4.78 is 32.6. The molecule has 1 aromatic rings. The summed E-state index contributed by atoms with van der Waals surface area (Å²) in [7, 11) is 0. The number of carbonyl (C=O) groups excluding carboxylic acids is 1. The summed E-state index contributed by atoms with van der Waals surface area (Å²) in [5.41, 5.74) is 4.51. The first-order valence-corrected chi connectivity index (χ1v) is 9.14. The van der Waals surface area contributed by atoms with Gasteiger partial charge in [-0.3, -0.25) is 0 Å². The van der Waals surface area contributed by atoms with Crippen molar-refractivity contribution in [1.29, 1.82) is 15.8 Å². The molecule has 3 rings (SSSR count). The highest BCUT2D eigenvalue weighted by Gasteiger charge is 2.55. The fraction of sp³-hybridized carbons (Fsp3) is 0.333. The Morgan fingerprint density at radius 1 is 1.30 bits per heavy atom. The van der Waals surface area contributed by atoms with Crippen molar-refractivity contribution in [2.45, 2.75) is 12.8 Å². The van der Waals surface area contributed by atoms with Crippen LogP contribution in [0.5, 0.6) is 0 Å². The van der Waals surface area contributed by atoms with Gasteiger partial charge in [0.2, 0.25) is 0 Å². The second-order valence-corrected chi connectivity index (χ2v) is 6.95. The van der Waals surface area contributed by atoms with Gasteiger partial charge in [-0.1, -0.05) is 12.1 Å². The molecule has 0 radical (unpaired) electrons. The molecule has 1 aliphatic carbocycles. The lowest BCUT2D eigenvalue weighted by Crippen LogP contribution is -2.49. The van der Waals surface area contributed by atoms with Crippen molar-refractivity contribution in [3.8, 4) is 18.2 Å². The average molecular weight is 409 g/mol. The van der Waals surface area contributed by atoms with Gasteiger partial charge < -0.3 is 15.4 Å². The lowest BCUT2D eigenvalue weighted by Gasteiger charge is -2.45. The maximum atomic E-state index is 14.0. The van der Waals surface area contributed by atoms with Gasteiger partial charge >= 0.3 is 6.09 Å². The molecule has 1 aromatic carbocycles. The monoisotopic (exact) mass is 409 g/mol. The van der Waals surface area contributed by atoms with Gasteiger partial charge in [0.1, 0.15) is 6.07 Å². The normalized spacial score (nSPS) is 22.1. The zero-order chi connectivity index (χ0) is 22.1. The molecule has 7 nitrogen and oxygen atoms in total. The van der Waals surface area contributed by atoms with Gasteiger partial charge in [0, 0.05) is 24.9 Å². The molecular formula is C21H17F2N5O2. The number of benzene rings is 1. The van der Waals surface area contributed by atoms with E-state index in [9.17, 15) is 29.4 Å². The number of rotatable bonds is 2. The van der Waals surface area contributed by atoms with Crippen LogP contribution >= 0.6 is 0 Å². The maximum Gasteiger partial charge on any atom is 0.410 e. The molecule has 1 heterocycles. The van der Waals surface area contributed by atoms with Crippen molar-refractivity contribution in [3.05, 3.63) is 58.3 Å². The number of allylic oxidation sites excluding steroid dienone is 2. The molecule has 2 atom stereocenters. The smallest absolute Gasteiger partial charge is 0.410 e. The van der Waals surface area contributed by atoms with Crippen LogP contribution in [0, 0.1) is 57.0 Å². The van der Waals surface area contributed by atoms with Crippen molar-refractivity contribution in [1.82, 2.24) is 4.90 Å². The molecule has 0 fully saturated rings. The fourth-order valence-corrected chi connectivity index (χ4v) is 4.13. The Bertz CT molecular complexity index is 1080. The van der Waals surface area contributed by atoms with Crippen LogP contribution in [0.15, 0.2) is 41.1 Å². The van der Waals surface area contributed by atoms with Crippen molar-refractivity contribution in [2.24, 2.45) is 17.1 Å². The molecular weight excluding hydrogens is 392 g/mol. The van der Waals surface area contributed by atoms with Crippen LogP contribution in [-0.2, 0) is 4.74 Å². The van der Waals surface area contributed by atoms with E-state index in [0.29, 0.717) is 5.57 Å². The highest BCUT2D eigenvalue weighted by molar-refractivity contribution is 5.69. The number of ether oxygens (including phenoxy) is 1. The summed E-state index contributed by atoms with van der Waals surface area (Å²) in [6.07, 6.45) is 1.01. The zero-order valence-corrected chi connectivity index (χ0v) is 16.0. The molecule has 0 unspecified atom stereocenters. The largest absolute Gasteiger partial charge is 0.450 e. The van der Waals surface area contributed by atoms with E-state index < -0.39 is 35.0 Å². The number of hydrogen-bond donors (Lipinski definition) is 1. The minimum Gasteiger partial charge on any atom is -0.450 e. The minimum absolute atomic E-state index is 0.00885. The Labute approximate surface area is 171 Å². The first-order chi connectivity index (χ1) is 14.3. The summed E-state index contributed by atoms with van der Waals surface area (Å²) in [5.74, 6) is -3.99. The molecule has 1 aliphatic heterocycles. The third-order valence-electron chi connectivity index (χ3n) is 5.49. The third-order valence-corrected chi connectivity index (χ3v) is 5.49. The average Bonchev–Trinajstić information content (AvgIpc) is 2.75. The minimum atomic E-state index is -2.00. The highest BCUT2D eigenvalue weighted by atomic mass is 19.2. The highest BCUT2D eigenvalue weighted by Crippen LogP contribution is 2.54. The lowest BCUT2D eigenvalue weighted by atomic mass is 9.58. The van der Waals surface area contributed by atoms with Crippen LogP contribution in [-0.4, -0.2) is 30.7 Å². The zero-order valence-electron chi connectivity index (χ0n) is 16.0. The van der Waals surface area contributed by atoms with Crippen LogP contribution in [0.3, 0.4) is 0 Å². The van der Waals surface area contributed by atoms with Gasteiger partial charge in [-0.25, -0.2) is 13.6 Å². The van der Waals surface area contributed by atoms with Crippen molar-refractivity contribution >= 4 is 6.09 Å². The van der Waals surface area contributed by atoms with Crippen LogP contribution < -0.4 is 5.73 Å². The summed E-state index contributed by atoms with van der Waals surface area (Å²) in [5, 5.41) is 29.5. The predicted molar refractivity (Wildman–Crippen MR) is 99.8 cm³/mol. The summed E-state index contributed by atoms with van der Waals surface area (Å²) >= 11 is 0. The number of fused-ring (bicyclic) bond motifs is 1. The lowest BCUT2D eigenvalue weighted by molar-refractivity contribution is 0.0999. The van der Waals surface area contributed by atoms with Gasteiger partial charge in [0.05, 0.1) is 30.0 Å². The van der Waals surface area contributed by atoms with Crippen molar-refractivity contribution in [2.75, 3.05) is 19.7 Å². The maximum absolute atomic E-state index is 14.0. The van der Waals surface area contributed by atoms with Crippen molar-refractivity contribution in [3.63, 3.8) is 0 Å². The molecule has 152 valence electrons. The molecule has 2 aliphatic rings. The number of halogens is 2.